The molecule has 3 rings (SSSR count). The van der Waals surface area contributed by atoms with Crippen molar-refractivity contribution in [3.8, 4) is 5.75 Å². The zero-order valence-electron chi connectivity index (χ0n) is 15.4. The lowest BCUT2D eigenvalue weighted by atomic mass is 9.93. The summed E-state index contributed by atoms with van der Waals surface area (Å²) in [6.45, 7) is 7.57. The molecular formula is C19H30N3O3+. The van der Waals surface area contributed by atoms with Crippen LogP contribution >= 0.6 is 0 Å². The molecule has 1 aromatic heterocycles. The molecule has 0 saturated heterocycles. The number of pyridine rings is 1. The number of aromatic hydroxyl groups is 1. The third-order valence-corrected chi connectivity index (χ3v) is 5.59. The highest BCUT2D eigenvalue weighted by molar-refractivity contribution is 5.97. The summed E-state index contributed by atoms with van der Waals surface area (Å²) in [5.74, 6) is -0.513. The summed E-state index contributed by atoms with van der Waals surface area (Å²) >= 11 is 0. The van der Waals surface area contributed by atoms with Crippen molar-refractivity contribution in [1.29, 1.82) is 0 Å². The van der Waals surface area contributed by atoms with E-state index in [-0.39, 0.29) is 22.9 Å². The molecule has 1 aromatic rings. The maximum atomic E-state index is 12.9. The minimum absolute atomic E-state index is 0.0536. The van der Waals surface area contributed by atoms with Crippen LogP contribution in [-0.2, 0) is 12.8 Å². The van der Waals surface area contributed by atoms with E-state index in [1.165, 1.54) is 4.90 Å². The molecule has 0 atom stereocenters. The summed E-state index contributed by atoms with van der Waals surface area (Å²) in [4.78, 5) is 27.0. The first-order valence-corrected chi connectivity index (χ1v) is 9.69. The van der Waals surface area contributed by atoms with E-state index in [2.05, 4.69) is 19.2 Å². The number of nitrogens with zero attached hydrogens (tertiary/aromatic N) is 1. The van der Waals surface area contributed by atoms with Crippen LogP contribution in [0.15, 0.2) is 4.79 Å². The second-order valence-corrected chi connectivity index (χ2v) is 7.23. The Morgan fingerprint density at radius 1 is 1.24 bits per heavy atom. The normalized spacial score (nSPS) is 16.8. The first-order valence-electron chi connectivity index (χ1n) is 9.69. The van der Waals surface area contributed by atoms with Gasteiger partial charge in [-0.25, -0.2) is 0 Å². The Bertz CT molecular complexity index is 703. The molecule has 138 valence electrons. The van der Waals surface area contributed by atoms with Gasteiger partial charge in [-0.05, 0) is 52.4 Å². The molecule has 1 saturated carbocycles. The Morgan fingerprint density at radius 3 is 2.56 bits per heavy atom. The third-order valence-electron chi connectivity index (χ3n) is 5.59. The molecule has 6 nitrogen and oxygen atoms in total. The van der Waals surface area contributed by atoms with E-state index in [1.807, 2.05) is 0 Å². The second kappa shape index (κ2) is 7.60. The molecule has 0 spiro atoms. The maximum absolute atomic E-state index is 12.9. The van der Waals surface area contributed by atoms with E-state index in [0.717, 1.165) is 69.4 Å². The fourth-order valence-electron chi connectivity index (χ4n) is 3.87. The highest BCUT2D eigenvalue weighted by Gasteiger charge is 2.33. The van der Waals surface area contributed by atoms with Crippen LogP contribution in [0, 0.1) is 0 Å². The van der Waals surface area contributed by atoms with Crippen LogP contribution in [0.4, 0.5) is 0 Å². The smallest absolute Gasteiger partial charge is 0.267 e. The van der Waals surface area contributed by atoms with Crippen LogP contribution in [0.2, 0.25) is 0 Å². The van der Waals surface area contributed by atoms with Gasteiger partial charge in [-0.1, -0.05) is 0 Å². The molecule has 2 aliphatic carbocycles. The molecule has 0 unspecified atom stereocenters. The summed E-state index contributed by atoms with van der Waals surface area (Å²) < 4.78 is 1.80. The number of aromatic nitrogens is 1. The lowest BCUT2D eigenvalue weighted by Gasteiger charge is -2.23. The van der Waals surface area contributed by atoms with Crippen molar-refractivity contribution >= 4 is 5.91 Å². The highest BCUT2D eigenvalue weighted by atomic mass is 16.3. The predicted molar refractivity (Wildman–Crippen MR) is 96.5 cm³/mol. The quantitative estimate of drug-likeness (QED) is 0.669. The van der Waals surface area contributed by atoms with E-state index < -0.39 is 5.91 Å². The molecular weight excluding hydrogens is 318 g/mol. The topological polar surface area (TPSA) is 75.8 Å². The number of likely N-dealkylation sites (N-methyl/N-ethyl adjacent to an activating group) is 1. The molecule has 0 aromatic carbocycles. The SMILES string of the molecule is CC[NH+](CC)CCNC(=O)c1c(O)c2c(n(C3CC3)c1=O)CCCC2. The van der Waals surface area contributed by atoms with Gasteiger partial charge in [0, 0.05) is 17.3 Å². The van der Waals surface area contributed by atoms with Crippen molar-refractivity contribution in [2.45, 2.75) is 58.4 Å². The monoisotopic (exact) mass is 348 g/mol. The van der Waals surface area contributed by atoms with Crippen molar-refractivity contribution in [2.24, 2.45) is 0 Å². The third kappa shape index (κ3) is 3.59. The van der Waals surface area contributed by atoms with E-state index >= 15 is 0 Å². The molecule has 3 N–H and O–H groups in total. The van der Waals surface area contributed by atoms with Crippen LogP contribution in [0.3, 0.4) is 0 Å². The minimum Gasteiger partial charge on any atom is -0.507 e. The number of quaternary nitrogens is 1. The molecule has 25 heavy (non-hydrogen) atoms. The standard InChI is InChI=1S/C19H29N3O3/c1-3-21(4-2)12-11-20-18(24)16-17(23)14-7-5-6-8-15(14)22(19(16)25)13-9-10-13/h13,23H,3-12H2,1-2H3,(H,20,24)/p+1. The number of fused-ring (bicyclic) bond motifs is 1. The van der Waals surface area contributed by atoms with E-state index in [0.29, 0.717) is 6.54 Å². The van der Waals surface area contributed by atoms with Crippen molar-refractivity contribution in [2.75, 3.05) is 26.2 Å². The average molecular weight is 348 g/mol. The van der Waals surface area contributed by atoms with Gasteiger partial charge in [-0.3, -0.25) is 9.59 Å². The summed E-state index contributed by atoms with van der Waals surface area (Å²) in [6, 6.07) is 0.214. The van der Waals surface area contributed by atoms with Crippen molar-refractivity contribution in [1.82, 2.24) is 9.88 Å². The average Bonchev–Trinajstić information content (AvgIpc) is 3.44. The zero-order chi connectivity index (χ0) is 18.0. The molecule has 1 heterocycles. The van der Waals surface area contributed by atoms with Gasteiger partial charge < -0.3 is 19.9 Å². The van der Waals surface area contributed by atoms with Crippen LogP contribution in [0.5, 0.6) is 5.75 Å². The summed E-state index contributed by atoms with van der Waals surface area (Å²) in [5.41, 5.74) is 1.41. The van der Waals surface area contributed by atoms with Crippen LogP contribution in [-0.4, -0.2) is 41.8 Å². The highest BCUT2D eigenvalue weighted by Crippen LogP contribution is 2.39. The molecule has 0 radical (unpaired) electrons. The fraction of sp³-hybridized carbons (Fsp3) is 0.684. The molecule has 2 aliphatic rings. The Kier molecular flexibility index (Phi) is 5.47. The van der Waals surface area contributed by atoms with Crippen LogP contribution in [0.25, 0.3) is 0 Å². The number of amides is 1. The number of hydrogen-bond acceptors (Lipinski definition) is 3. The van der Waals surface area contributed by atoms with Gasteiger partial charge in [0.15, 0.2) is 0 Å². The first-order chi connectivity index (χ1) is 12.1. The Hall–Kier alpha value is -1.82. The lowest BCUT2D eigenvalue weighted by molar-refractivity contribution is -0.895. The van der Waals surface area contributed by atoms with E-state index in [1.54, 1.807) is 4.57 Å². The summed E-state index contributed by atoms with van der Waals surface area (Å²) in [5, 5.41) is 13.5. The van der Waals surface area contributed by atoms with Gasteiger partial charge in [-0.15, -0.1) is 0 Å². The van der Waals surface area contributed by atoms with Crippen molar-refractivity contribution in [3.05, 3.63) is 27.2 Å². The molecule has 0 bridgehead atoms. The maximum Gasteiger partial charge on any atom is 0.267 e. The lowest BCUT2D eigenvalue weighted by Crippen LogP contribution is -3.12. The van der Waals surface area contributed by atoms with Gasteiger partial charge in [0.2, 0.25) is 0 Å². The summed E-state index contributed by atoms with van der Waals surface area (Å²) in [7, 11) is 0. The molecule has 1 amide bonds. The summed E-state index contributed by atoms with van der Waals surface area (Å²) in [6.07, 6.45) is 5.58. The number of carbonyl (C=O) groups is 1. The van der Waals surface area contributed by atoms with Gasteiger partial charge in [0.1, 0.15) is 11.3 Å². The molecule has 0 aliphatic heterocycles. The Morgan fingerprint density at radius 2 is 1.92 bits per heavy atom. The largest absolute Gasteiger partial charge is 0.507 e. The first kappa shape index (κ1) is 18.0. The Balaban J connectivity index is 1.87. The molecule has 1 fully saturated rings. The Labute approximate surface area is 148 Å². The zero-order valence-corrected chi connectivity index (χ0v) is 15.4. The van der Waals surface area contributed by atoms with E-state index in [4.69, 9.17) is 0 Å². The minimum atomic E-state index is -0.433. The van der Waals surface area contributed by atoms with Crippen molar-refractivity contribution < 1.29 is 14.8 Å². The van der Waals surface area contributed by atoms with Gasteiger partial charge >= 0.3 is 0 Å². The second-order valence-electron chi connectivity index (χ2n) is 7.23. The molecule has 6 heteroatoms. The fourth-order valence-corrected chi connectivity index (χ4v) is 3.87. The van der Waals surface area contributed by atoms with Crippen molar-refractivity contribution in [3.63, 3.8) is 0 Å². The van der Waals surface area contributed by atoms with E-state index in [9.17, 15) is 14.7 Å². The number of carbonyl (C=O) groups excluding carboxylic acids is 1. The predicted octanol–water partition coefficient (Wildman–Crippen LogP) is 0.422. The number of rotatable bonds is 7. The van der Waals surface area contributed by atoms with Crippen LogP contribution in [0.1, 0.15) is 67.2 Å². The van der Waals surface area contributed by atoms with Gasteiger partial charge in [0.05, 0.1) is 26.2 Å². The van der Waals surface area contributed by atoms with Gasteiger partial charge in [-0.2, -0.15) is 0 Å². The van der Waals surface area contributed by atoms with Crippen LogP contribution < -0.4 is 15.8 Å². The number of nitrogens with one attached hydrogen (secondary N) is 2. The number of hydrogen-bond donors (Lipinski definition) is 3. The van der Waals surface area contributed by atoms with Gasteiger partial charge in [0.25, 0.3) is 11.5 Å².